The first-order valence-electron chi connectivity index (χ1n) is 5.88. The number of hydrogen-bond donors (Lipinski definition) is 1. The van der Waals surface area contributed by atoms with E-state index in [4.69, 9.17) is 9.47 Å². The highest BCUT2D eigenvalue weighted by molar-refractivity contribution is 7.99. The number of carboxylic acid groups (broad SMARTS) is 1. The quantitative estimate of drug-likeness (QED) is 0.912. The molecule has 104 valence electrons. The van der Waals surface area contributed by atoms with Gasteiger partial charge in [-0.05, 0) is 30.3 Å². The van der Waals surface area contributed by atoms with Crippen molar-refractivity contribution < 1.29 is 19.4 Å². The van der Waals surface area contributed by atoms with Crippen LogP contribution in [0.15, 0.2) is 52.3 Å². The first-order valence-corrected chi connectivity index (χ1v) is 6.69. The van der Waals surface area contributed by atoms with Crippen LogP contribution >= 0.6 is 11.8 Å². The van der Waals surface area contributed by atoms with E-state index in [1.54, 1.807) is 50.6 Å². The zero-order valence-corrected chi connectivity index (χ0v) is 11.9. The van der Waals surface area contributed by atoms with Gasteiger partial charge in [0.05, 0.1) is 24.7 Å². The Labute approximate surface area is 121 Å². The molecule has 4 nitrogen and oxygen atoms in total. The normalized spacial score (nSPS) is 10.1. The van der Waals surface area contributed by atoms with Gasteiger partial charge in [-0.15, -0.1) is 0 Å². The summed E-state index contributed by atoms with van der Waals surface area (Å²) in [5, 5.41) is 9.20. The Morgan fingerprint density at radius 3 is 2.45 bits per heavy atom. The maximum Gasteiger partial charge on any atom is 0.336 e. The molecule has 1 N–H and O–H groups in total. The molecule has 0 spiro atoms. The van der Waals surface area contributed by atoms with Gasteiger partial charge in [-0.1, -0.05) is 23.9 Å². The van der Waals surface area contributed by atoms with Gasteiger partial charge in [-0.25, -0.2) is 4.79 Å². The molecule has 0 saturated carbocycles. The van der Waals surface area contributed by atoms with Crippen LogP contribution in [-0.2, 0) is 0 Å². The highest BCUT2D eigenvalue weighted by Gasteiger charge is 2.13. The average molecular weight is 290 g/mol. The van der Waals surface area contributed by atoms with E-state index in [0.717, 1.165) is 4.90 Å². The van der Waals surface area contributed by atoms with Crippen LogP contribution in [0.5, 0.6) is 11.5 Å². The number of methoxy groups -OCH3 is 2. The van der Waals surface area contributed by atoms with Crippen molar-refractivity contribution in [2.24, 2.45) is 0 Å². The number of carboxylic acids is 1. The summed E-state index contributed by atoms with van der Waals surface area (Å²) in [6, 6.07) is 12.3. The fourth-order valence-electron chi connectivity index (χ4n) is 1.71. The molecule has 0 fully saturated rings. The van der Waals surface area contributed by atoms with Gasteiger partial charge in [-0.2, -0.15) is 0 Å². The number of carbonyl (C=O) groups is 1. The molecule has 2 aromatic rings. The van der Waals surface area contributed by atoms with Gasteiger partial charge < -0.3 is 14.6 Å². The van der Waals surface area contributed by atoms with Crippen molar-refractivity contribution in [1.82, 2.24) is 0 Å². The first-order chi connectivity index (χ1) is 9.65. The smallest absolute Gasteiger partial charge is 0.336 e. The standard InChI is InChI=1S/C15H14O4S/c1-18-10-7-8-12(19-2)14(9-10)20-13-6-4-3-5-11(13)15(16)17/h3-9H,1-2H3,(H,16,17). The van der Waals surface area contributed by atoms with Crippen molar-refractivity contribution in [1.29, 1.82) is 0 Å². The third-order valence-corrected chi connectivity index (χ3v) is 3.82. The van der Waals surface area contributed by atoms with E-state index in [1.807, 2.05) is 6.07 Å². The van der Waals surface area contributed by atoms with Gasteiger partial charge in [0.25, 0.3) is 0 Å². The second-order valence-electron chi connectivity index (χ2n) is 3.92. The summed E-state index contributed by atoms with van der Waals surface area (Å²) in [4.78, 5) is 12.7. The number of ether oxygens (including phenoxy) is 2. The Morgan fingerprint density at radius 1 is 1.05 bits per heavy atom. The number of hydrogen-bond acceptors (Lipinski definition) is 4. The lowest BCUT2D eigenvalue weighted by Crippen LogP contribution is -1.98. The van der Waals surface area contributed by atoms with E-state index >= 15 is 0 Å². The number of rotatable bonds is 5. The topological polar surface area (TPSA) is 55.8 Å². The zero-order chi connectivity index (χ0) is 14.5. The molecule has 0 bridgehead atoms. The van der Waals surface area contributed by atoms with Gasteiger partial charge in [0.1, 0.15) is 11.5 Å². The minimum absolute atomic E-state index is 0.266. The van der Waals surface area contributed by atoms with Crippen LogP contribution in [0.25, 0.3) is 0 Å². The first kappa shape index (κ1) is 14.3. The van der Waals surface area contributed by atoms with Gasteiger partial charge in [0.2, 0.25) is 0 Å². The van der Waals surface area contributed by atoms with Crippen molar-refractivity contribution >= 4 is 17.7 Å². The molecule has 0 atom stereocenters. The Bertz CT molecular complexity index is 625. The molecule has 5 heteroatoms. The second kappa shape index (κ2) is 6.34. The van der Waals surface area contributed by atoms with Gasteiger partial charge in [-0.3, -0.25) is 0 Å². The number of benzene rings is 2. The molecule has 2 rings (SSSR count). The molecule has 0 aliphatic rings. The summed E-state index contributed by atoms with van der Waals surface area (Å²) >= 11 is 1.34. The Kier molecular flexibility index (Phi) is 4.53. The molecular weight excluding hydrogens is 276 g/mol. The third-order valence-electron chi connectivity index (χ3n) is 2.71. The van der Waals surface area contributed by atoms with Crippen LogP contribution < -0.4 is 9.47 Å². The van der Waals surface area contributed by atoms with Crippen LogP contribution in [0.3, 0.4) is 0 Å². The van der Waals surface area contributed by atoms with Crippen molar-refractivity contribution in [2.75, 3.05) is 14.2 Å². The van der Waals surface area contributed by atoms with Crippen LogP contribution in [0, 0.1) is 0 Å². The lowest BCUT2D eigenvalue weighted by atomic mass is 10.2. The Balaban J connectivity index is 2.41. The predicted octanol–water partition coefficient (Wildman–Crippen LogP) is 3.55. The highest BCUT2D eigenvalue weighted by Crippen LogP contribution is 2.38. The Hall–Kier alpha value is -2.14. The lowest BCUT2D eigenvalue weighted by Gasteiger charge is -2.11. The largest absolute Gasteiger partial charge is 0.497 e. The van der Waals surface area contributed by atoms with E-state index in [9.17, 15) is 9.90 Å². The number of aromatic carboxylic acids is 1. The van der Waals surface area contributed by atoms with Crippen molar-refractivity contribution in [2.45, 2.75) is 9.79 Å². The zero-order valence-electron chi connectivity index (χ0n) is 11.1. The molecule has 20 heavy (non-hydrogen) atoms. The average Bonchev–Trinajstić information content (AvgIpc) is 2.47. The summed E-state index contributed by atoms with van der Waals surface area (Å²) < 4.78 is 10.5. The molecular formula is C15H14O4S. The maximum absolute atomic E-state index is 11.2. The monoisotopic (exact) mass is 290 g/mol. The molecule has 0 radical (unpaired) electrons. The molecule has 0 unspecified atom stereocenters. The summed E-state index contributed by atoms with van der Waals surface area (Å²) in [7, 11) is 3.16. The summed E-state index contributed by atoms with van der Waals surface area (Å²) in [6.07, 6.45) is 0. The van der Waals surface area contributed by atoms with Crippen molar-refractivity contribution in [3.8, 4) is 11.5 Å². The van der Waals surface area contributed by atoms with Gasteiger partial charge in [0, 0.05) is 4.90 Å². The highest BCUT2D eigenvalue weighted by atomic mass is 32.2. The Morgan fingerprint density at radius 2 is 1.80 bits per heavy atom. The van der Waals surface area contributed by atoms with Crippen LogP contribution in [-0.4, -0.2) is 25.3 Å². The SMILES string of the molecule is COc1ccc(OC)c(Sc2ccccc2C(=O)O)c1. The van der Waals surface area contributed by atoms with E-state index < -0.39 is 5.97 Å². The molecule has 2 aromatic carbocycles. The maximum atomic E-state index is 11.2. The molecule has 0 saturated heterocycles. The molecule has 0 aliphatic heterocycles. The van der Waals surface area contributed by atoms with Crippen molar-refractivity contribution in [3.63, 3.8) is 0 Å². The minimum Gasteiger partial charge on any atom is -0.497 e. The molecule has 0 heterocycles. The summed E-state index contributed by atoms with van der Waals surface area (Å²) in [6.45, 7) is 0. The molecule has 0 aliphatic carbocycles. The predicted molar refractivity (Wildman–Crippen MR) is 77.1 cm³/mol. The van der Waals surface area contributed by atoms with E-state index in [-0.39, 0.29) is 5.56 Å². The van der Waals surface area contributed by atoms with Crippen molar-refractivity contribution in [3.05, 3.63) is 48.0 Å². The second-order valence-corrected chi connectivity index (χ2v) is 5.00. The fraction of sp³-hybridized carbons (Fsp3) is 0.133. The van der Waals surface area contributed by atoms with E-state index in [1.165, 1.54) is 11.8 Å². The van der Waals surface area contributed by atoms with E-state index in [2.05, 4.69) is 0 Å². The summed E-state index contributed by atoms with van der Waals surface area (Å²) in [5.74, 6) is 0.423. The van der Waals surface area contributed by atoms with E-state index in [0.29, 0.717) is 16.4 Å². The summed E-state index contributed by atoms with van der Waals surface area (Å²) in [5.41, 5.74) is 0.266. The van der Waals surface area contributed by atoms with Gasteiger partial charge in [0.15, 0.2) is 0 Å². The third kappa shape index (κ3) is 3.05. The molecule has 0 aromatic heterocycles. The molecule has 0 amide bonds. The lowest BCUT2D eigenvalue weighted by molar-refractivity contribution is 0.0693. The fourth-order valence-corrected chi connectivity index (χ4v) is 2.79. The van der Waals surface area contributed by atoms with Crippen LogP contribution in [0.2, 0.25) is 0 Å². The van der Waals surface area contributed by atoms with Gasteiger partial charge >= 0.3 is 5.97 Å². The van der Waals surface area contributed by atoms with Crippen LogP contribution in [0.4, 0.5) is 0 Å². The van der Waals surface area contributed by atoms with Crippen LogP contribution in [0.1, 0.15) is 10.4 Å². The minimum atomic E-state index is -0.949.